The Kier molecular flexibility index (Phi) is 3.50. The Labute approximate surface area is 105 Å². The van der Waals surface area contributed by atoms with Crippen molar-refractivity contribution >= 4 is 11.8 Å². The van der Waals surface area contributed by atoms with E-state index in [1.165, 1.54) is 4.90 Å². The molecule has 0 amide bonds. The minimum absolute atomic E-state index is 0.352. The molecule has 2 rings (SSSR count). The van der Waals surface area contributed by atoms with E-state index in [9.17, 15) is 0 Å². The predicted molar refractivity (Wildman–Crippen MR) is 69.9 cm³/mol. The molecule has 0 aliphatic rings. The van der Waals surface area contributed by atoms with Crippen LogP contribution in [0.15, 0.2) is 29.2 Å². The molecule has 1 heterocycles. The van der Waals surface area contributed by atoms with Gasteiger partial charge in [-0.15, -0.1) is 11.8 Å². The third-order valence-corrected chi connectivity index (χ3v) is 3.34. The highest BCUT2D eigenvalue weighted by atomic mass is 32.2. The summed E-state index contributed by atoms with van der Waals surface area (Å²) in [5.41, 5.74) is 2.85. The number of aromatic amines is 1. The van der Waals surface area contributed by atoms with Crippen molar-refractivity contribution in [2.24, 2.45) is 0 Å². The van der Waals surface area contributed by atoms with Gasteiger partial charge in [0, 0.05) is 16.2 Å². The number of benzene rings is 1. The lowest BCUT2D eigenvalue weighted by Gasteiger charge is -1.98. The lowest BCUT2D eigenvalue weighted by Crippen LogP contribution is -1.84. The molecule has 0 aliphatic heterocycles. The van der Waals surface area contributed by atoms with Crippen LogP contribution < -0.4 is 0 Å². The second-order valence-corrected chi connectivity index (χ2v) is 4.60. The molecule has 0 radical (unpaired) electrons. The molecule has 2 aromatic rings. The van der Waals surface area contributed by atoms with Crippen molar-refractivity contribution in [1.29, 1.82) is 5.26 Å². The lowest BCUT2D eigenvalue weighted by molar-refractivity contribution is 1.12. The fourth-order valence-electron chi connectivity index (χ4n) is 1.63. The third-order valence-electron chi connectivity index (χ3n) is 2.60. The van der Waals surface area contributed by atoms with Crippen LogP contribution in [0.5, 0.6) is 0 Å². The van der Waals surface area contributed by atoms with Crippen molar-refractivity contribution in [3.8, 4) is 17.5 Å². The topological polar surface area (TPSA) is 52.5 Å². The molecule has 0 aliphatic carbocycles. The van der Waals surface area contributed by atoms with Gasteiger partial charge in [0.05, 0.1) is 18.2 Å². The predicted octanol–water partition coefficient (Wildman–Crippen LogP) is 3.17. The Morgan fingerprint density at radius 2 is 2.06 bits per heavy atom. The number of hydrogen-bond acceptors (Lipinski definition) is 3. The molecule has 0 saturated carbocycles. The highest BCUT2D eigenvalue weighted by Gasteiger charge is 2.07. The maximum absolute atomic E-state index is 8.69. The first kappa shape index (κ1) is 11.7. The molecule has 3 nitrogen and oxygen atoms in total. The summed E-state index contributed by atoms with van der Waals surface area (Å²) in [5.74, 6) is 0.834. The van der Waals surface area contributed by atoms with E-state index in [0.29, 0.717) is 6.42 Å². The fourth-order valence-corrected chi connectivity index (χ4v) is 2.04. The van der Waals surface area contributed by atoms with Gasteiger partial charge in [-0.1, -0.05) is 12.1 Å². The maximum Gasteiger partial charge on any atom is 0.137 e. The van der Waals surface area contributed by atoms with Gasteiger partial charge in [-0.05, 0) is 25.3 Å². The summed E-state index contributed by atoms with van der Waals surface area (Å²) in [6, 6.07) is 10.3. The van der Waals surface area contributed by atoms with Crippen LogP contribution in [-0.2, 0) is 6.42 Å². The van der Waals surface area contributed by atoms with Crippen molar-refractivity contribution in [1.82, 2.24) is 9.97 Å². The quantitative estimate of drug-likeness (QED) is 0.842. The van der Waals surface area contributed by atoms with Gasteiger partial charge in [-0.25, -0.2) is 4.98 Å². The molecule has 0 fully saturated rings. The van der Waals surface area contributed by atoms with E-state index < -0.39 is 0 Å². The summed E-state index contributed by atoms with van der Waals surface area (Å²) < 4.78 is 0. The number of thioether (sulfide) groups is 1. The highest BCUT2D eigenvalue weighted by molar-refractivity contribution is 7.98. The minimum Gasteiger partial charge on any atom is -0.342 e. The van der Waals surface area contributed by atoms with E-state index in [2.05, 4.69) is 34.4 Å². The van der Waals surface area contributed by atoms with E-state index in [1.54, 1.807) is 11.8 Å². The van der Waals surface area contributed by atoms with Crippen LogP contribution >= 0.6 is 11.8 Å². The molecule has 0 saturated heterocycles. The molecule has 0 spiro atoms. The molecular formula is C13H13N3S. The maximum atomic E-state index is 8.69. The molecule has 1 aromatic heterocycles. The molecule has 0 atom stereocenters. The molecule has 0 unspecified atom stereocenters. The number of H-pyrrole nitrogens is 1. The Morgan fingerprint density at radius 1 is 1.35 bits per heavy atom. The van der Waals surface area contributed by atoms with E-state index >= 15 is 0 Å². The monoisotopic (exact) mass is 243 g/mol. The summed E-state index contributed by atoms with van der Waals surface area (Å²) in [4.78, 5) is 8.89. The number of nitriles is 1. The first-order valence-electron chi connectivity index (χ1n) is 5.31. The highest BCUT2D eigenvalue weighted by Crippen LogP contribution is 2.22. The second-order valence-electron chi connectivity index (χ2n) is 3.72. The van der Waals surface area contributed by atoms with Gasteiger partial charge in [-0.2, -0.15) is 5.26 Å². The molecule has 1 aromatic carbocycles. The number of hydrogen-bond donors (Lipinski definition) is 1. The van der Waals surface area contributed by atoms with Crippen LogP contribution in [0.1, 0.15) is 11.4 Å². The van der Waals surface area contributed by atoms with Crippen LogP contribution in [0, 0.1) is 18.3 Å². The molecule has 0 bridgehead atoms. The van der Waals surface area contributed by atoms with E-state index in [0.717, 1.165) is 22.8 Å². The average Bonchev–Trinajstić information content (AvgIpc) is 2.72. The third kappa shape index (κ3) is 2.51. The number of imidazole rings is 1. The number of nitrogens with one attached hydrogen (secondary N) is 1. The van der Waals surface area contributed by atoms with Crippen molar-refractivity contribution in [3.63, 3.8) is 0 Å². The van der Waals surface area contributed by atoms with Crippen molar-refractivity contribution in [2.75, 3.05) is 6.26 Å². The number of nitrogens with zero attached hydrogens (tertiary/aromatic N) is 2. The van der Waals surface area contributed by atoms with Gasteiger partial charge in [0.1, 0.15) is 5.82 Å². The zero-order chi connectivity index (χ0) is 12.3. The summed E-state index contributed by atoms with van der Waals surface area (Å²) in [6.07, 6.45) is 2.41. The standard InChI is InChI=1S/C13H13N3S/c1-9-12(7-8-14)16-13(15-9)10-3-5-11(17-2)6-4-10/h3-6H,7H2,1-2H3,(H,15,16). The Morgan fingerprint density at radius 3 is 2.65 bits per heavy atom. The molecular weight excluding hydrogens is 230 g/mol. The normalized spacial score (nSPS) is 10.2. The van der Waals surface area contributed by atoms with Crippen LogP contribution in [0.2, 0.25) is 0 Å². The van der Waals surface area contributed by atoms with E-state index in [4.69, 9.17) is 5.26 Å². The van der Waals surface area contributed by atoms with Crippen LogP contribution in [0.4, 0.5) is 0 Å². The average molecular weight is 243 g/mol. The second kappa shape index (κ2) is 5.07. The summed E-state index contributed by atoms with van der Waals surface area (Å²) in [5, 5.41) is 8.69. The van der Waals surface area contributed by atoms with Gasteiger partial charge < -0.3 is 4.98 Å². The molecule has 1 N–H and O–H groups in total. The van der Waals surface area contributed by atoms with Crippen molar-refractivity contribution in [2.45, 2.75) is 18.2 Å². The molecule has 17 heavy (non-hydrogen) atoms. The van der Waals surface area contributed by atoms with Gasteiger partial charge >= 0.3 is 0 Å². The fraction of sp³-hybridized carbons (Fsp3) is 0.231. The van der Waals surface area contributed by atoms with Crippen LogP contribution in [-0.4, -0.2) is 16.2 Å². The number of rotatable bonds is 3. The minimum atomic E-state index is 0.352. The summed E-state index contributed by atoms with van der Waals surface area (Å²) >= 11 is 1.72. The Balaban J connectivity index is 2.33. The summed E-state index contributed by atoms with van der Waals surface area (Å²) in [6.45, 7) is 1.94. The van der Waals surface area contributed by atoms with Gasteiger partial charge in [0.25, 0.3) is 0 Å². The lowest BCUT2D eigenvalue weighted by atomic mass is 10.2. The van der Waals surface area contributed by atoms with Gasteiger partial charge in [-0.3, -0.25) is 0 Å². The first-order valence-corrected chi connectivity index (χ1v) is 6.54. The SMILES string of the molecule is CSc1ccc(-c2nc(CC#N)c(C)[nH]2)cc1. The first-order chi connectivity index (χ1) is 8.24. The van der Waals surface area contributed by atoms with Gasteiger partial charge in [0.2, 0.25) is 0 Å². The number of aromatic nitrogens is 2. The van der Waals surface area contributed by atoms with Gasteiger partial charge in [0.15, 0.2) is 0 Å². The molecule has 4 heteroatoms. The van der Waals surface area contributed by atoms with Crippen LogP contribution in [0.25, 0.3) is 11.4 Å². The Bertz CT molecular complexity index is 549. The Hall–Kier alpha value is -1.73. The number of aryl methyl sites for hydroxylation is 1. The van der Waals surface area contributed by atoms with E-state index in [-0.39, 0.29) is 0 Å². The largest absolute Gasteiger partial charge is 0.342 e. The van der Waals surface area contributed by atoms with Crippen molar-refractivity contribution in [3.05, 3.63) is 35.7 Å². The molecule has 86 valence electrons. The zero-order valence-electron chi connectivity index (χ0n) is 9.82. The van der Waals surface area contributed by atoms with Crippen molar-refractivity contribution < 1.29 is 0 Å². The van der Waals surface area contributed by atoms with Crippen LogP contribution in [0.3, 0.4) is 0 Å². The van der Waals surface area contributed by atoms with E-state index in [1.807, 2.05) is 19.1 Å². The zero-order valence-corrected chi connectivity index (χ0v) is 10.6. The summed E-state index contributed by atoms with van der Waals surface area (Å²) in [7, 11) is 0. The smallest absolute Gasteiger partial charge is 0.137 e.